The first-order valence-electron chi connectivity index (χ1n) is 8.08. The van der Waals surface area contributed by atoms with Gasteiger partial charge in [0.25, 0.3) is 0 Å². The molecule has 0 heterocycles. The highest BCUT2D eigenvalue weighted by atomic mass is 32.2. The third-order valence-electron chi connectivity index (χ3n) is 4.07. The van der Waals surface area contributed by atoms with Gasteiger partial charge in [0, 0.05) is 12.8 Å². The Labute approximate surface area is 150 Å². The molecule has 0 aliphatic carbocycles. The van der Waals surface area contributed by atoms with Crippen LogP contribution in [0.4, 0.5) is 0 Å². The average molecular weight is 382 g/mol. The summed E-state index contributed by atoms with van der Waals surface area (Å²) in [5.41, 5.74) is 3.22. The van der Waals surface area contributed by atoms with Crippen molar-refractivity contribution in [3.05, 3.63) is 59.2 Å². The molecule has 1 N–H and O–H groups in total. The lowest BCUT2D eigenvalue weighted by Crippen LogP contribution is -2.24. The second-order valence-corrected chi connectivity index (χ2v) is 9.66. The molecule has 0 amide bonds. The molecule has 136 valence electrons. The minimum Gasteiger partial charge on any atom is -0.224 e. The lowest BCUT2D eigenvalue weighted by Gasteiger charge is -2.12. The van der Waals surface area contributed by atoms with Crippen molar-refractivity contribution in [2.24, 2.45) is 0 Å². The summed E-state index contributed by atoms with van der Waals surface area (Å²) in [6.45, 7) is 4.29. The van der Waals surface area contributed by atoms with Gasteiger partial charge < -0.3 is 0 Å². The summed E-state index contributed by atoms with van der Waals surface area (Å²) < 4.78 is 50.5. The van der Waals surface area contributed by atoms with Gasteiger partial charge in [0.2, 0.25) is 10.0 Å². The SMILES string of the molecule is CCc1ccc(CC)c(CNS(=O)(=O)c2ccc(S(C)(=O)=O)cc2)c1. The summed E-state index contributed by atoms with van der Waals surface area (Å²) in [6, 6.07) is 11.3. The molecule has 0 aromatic heterocycles. The summed E-state index contributed by atoms with van der Waals surface area (Å²) in [6.07, 6.45) is 2.79. The molecule has 25 heavy (non-hydrogen) atoms. The van der Waals surface area contributed by atoms with Gasteiger partial charge in [-0.1, -0.05) is 32.0 Å². The average Bonchev–Trinajstić information content (AvgIpc) is 2.59. The van der Waals surface area contributed by atoms with Gasteiger partial charge in [-0.3, -0.25) is 0 Å². The Morgan fingerprint density at radius 3 is 1.92 bits per heavy atom. The third-order valence-corrected chi connectivity index (χ3v) is 6.62. The lowest BCUT2D eigenvalue weighted by atomic mass is 10.0. The zero-order valence-corrected chi connectivity index (χ0v) is 16.2. The van der Waals surface area contributed by atoms with Crippen molar-refractivity contribution >= 4 is 19.9 Å². The van der Waals surface area contributed by atoms with Gasteiger partial charge in [-0.15, -0.1) is 0 Å². The Hall–Kier alpha value is -1.70. The smallest absolute Gasteiger partial charge is 0.224 e. The highest BCUT2D eigenvalue weighted by Crippen LogP contribution is 2.17. The second-order valence-electron chi connectivity index (χ2n) is 5.88. The number of sulfone groups is 1. The molecule has 0 aliphatic rings. The molecule has 0 atom stereocenters. The van der Waals surface area contributed by atoms with Crippen LogP contribution in [0.15, 0.2) is 52.3 Å². The maximum atomic E-state index is 12.5. The predicted octanol–water partition coefficient (Wildman–Crippen LogP) is 2.69. The van der Waals surface area contributed by atoms with Gasteiger partial charge >= 0.3 is 0 Å². The third kappa shape index (κ3) is 4.90. The number of hydrogen-bond donors (Lipinski definition) is 1. The largest absolute Gasteiger partial charge is 0.240 e. The zero-order valence-electron chi connectivity index (χ0n) is 14.6. The van der Waals surface area contributed by atoms with Crippen molar-refractivity contribution in [3.8, 4) is 0 Å². The van der Waals surface area contributed by atoms with E-state index in [1.807, 2.05) is 19.1 Å². The van der Waals surface area contributed by atoms with Gasteiger partial charge in [-0.05, 0) is 53.8 Å². The Kier molecular flexibility index (Phi) is 6.03. The van der Waals surface area contributed by atoms with Gasteiger partial charge in [-0.2, -0.15) is 0 Å². The van der Waals surface area contributed by atoms with Gasteiger partial charge in [-0.25, -0.2) is 21.6 Å². The summed E-state index contributed by atoms with van der Waals surface area (Å²) in [5.74, 6) is 0. The highest BCUT2D eigenvalue weighted by molar-refractivity contribution is 7.90. The van der Waals surface area contributed by atoms with Crippen molar-refractivity contribution < 1.29 is 16.8 Å². The first kappa shape index (κ1) is 19.6. The molecule has 0 saturated carbocycles. The normalized spacial score (nSPS) is 12.3. The van der Waals surface area contributed by atoms with Crippen molar-refractivity contribution in [2.75, 3.05) is 6.26 Å². The molecule has 2 aromatic rings. The van der Waals surface area contributed by atoms with E-state index in [2.05, 4.69) is 17.7 Å². The topological polar surface area (TPSA) is 80.3 Å². The summed E-state index contributed by atoms with van der Waals surface area (Å²) in [4.78, 5) is 0.139. The van der Waals surface area contributed by atoms with E-state index in [1.54, 1.807) is 0 Å². The number of sulfonamides is 1. The summed E-state index contributed by atoms with van der Waals surface area (Å²) in [7, 11) is -7.06. The minimum absolute atomic E-state index is 0.0459. The van der Waals surface area contributed by atoms with E-state index < -0.39 is 19.9 Å². The molecule has 0 bridgehead atoms. The second kappa shape index (κ2) is 7.68. The fourth-order valence-corrected chi connectivity index (χ4v) is 4.17. The van der Waals surface area contributed by atoms with Crippen LogP contribution >= 0.6 is 0 Å². The van der Waals surface area contributed by atoms with Crippen molar-refractivity contribution in [1.29, 1.82) is 0 Å². The highest BCUT2D eigenvalue weighted by Gasteiger charge is 2.16. The number of rotatable bonds is 7. The van der Waals surface area contributed by atoms with Crippen LogP contribution in [0.25, 0.3) is 0 Å². The number of benzene rings is 2. The van der Waals surface area contributed by atoms with Crippen LogP contribution in [0.1, 0.15) is 30.5 Å². The fraction of sp³-hybridized carbons (Fsp3) is 0.333. The van der Waals surface area contributed by atoms with Crippen LogP contribution in [0.2, 0.25) is 0 Å². The molecule has 2 aromatic carbocycles. The molecule has 0 unspecified atom stereocenters. The molecular weight excluding hydrogens is 358 g/mol. The van der Waals surface area contributed by atoms with Crippen LogP contribution in [0, 0.1) is 0 Å². The first-order valence-corrected chi connectivity index (χ1v) is 11.4. The van der Waals surface area contributed by atoms with Crippen LogP contribution in [0.3, 0.4) is 0 Å². The maximum absolute atomic E-state index is 12.5. The fourth-order valence-electron chi connectivity index (χ4n) is 2.53. The number of aryl methyl sites for hydroxylation is 2. The van der Waals surface area contributed by atoms with E-state index in [4.69, 9.17) is 0 Å². The Balaban J connectivity index is 2.22. The molecule has 7 heteroatoms. The quantitative estimate of drug-likeness (QED) is 0.800. The van der Waals surface area contributed by atoms with Crippen molar-refractivity contribution in [3.63, 3.8) is 0 Å². The van der Waals surface area contributed by atoms with E-state index in [0.717, 1.165) is 35.8 Å². The van der Waals surface area contributed by atoms with E-state index in [1.165, 1.54) is 24.3 Å². The molecular formula is C18H23NO4S2. The van der Waals surface area contributed by atoms with Crippen LogP contribution in [0.5, 0.6) is 0 Å². The molecule has 0 aliphatic heterocycles. The van der Waals surface area contributed by atoms with Crippen LogP contribution < -0.4 is 4.72 Å². The van der Waals surface area contributed by atoms with Gasteiger partial charge in [0.05, 0.1) is 9.79 Å². The van der Waals surface area contributed by atoms with Gasteiger partial charge in [0.15, 0.2) is 9.84 Å². The maximum Gasteiger partial charge on any atom is 0.240 e. The van der Waals surface area contributed by atoms with E-state index in [9.17, 15) is 16.8 Å². The van der Waals surface area contributed by atoms with E-state index >= 15 is 0 Å². The molecule has 0 fully saturated rings. The van der Waals surface area contributed by atoms with Gasteiger partial charge in [0.1, 0.15) is 0 Å². The van der Waals surface area contributed by atoms with Crippen molar-refractivity contribution in [1.82, 2.24) is 4.72 Å². The number of nitrogens with one attached hydrogen (secondary N) is 1. The monoisotopic (exact) mass is 381 g/mol. The molecule has 0 saturated heterocycles. The van der Waals surface area contributed by atoms with E-state index in [0.29, 0.717) is 0 Å². The molecule has 0 spiro atoms. The molecule has 5 nitrogen and oxygen atoms in total. The predicted molar refractivity (Wildman–Crippen MR) is 98.8 cm³/mol. The van der Waals surface area contributed by atoms with E-state index in [-0.39, 0.29) is 16.3 Å². The molecule has 0 radical (unpaired) electrons. The standard InChI is InChI=1S/C18H23NO4S2/c1-4-14-6-7-15(5-2)16(12-14)13-19-25(22,23)18-10-8-17(9-11-18)24(3,20)21/h6-12,19H,4-5,13H2,1-3H3. The summed E-state index contributed by atoms with van der Waals surface area (Å²) in [5, 5.41) is 0. The zero-order chi connectivity index (χ0) is 18.7. The Morgan fingerprint density at radius 2 is 1.40 bits per heavy atom. The first-order chi connectivity index (χ1) is 11.7. The summed E-state index contributed by atoms with van der Waals surface area (Å²) >= 11 is 0. The van der Waals surface area contributed by atoms with Crippen molar-refractivity contribution in [2.45, 2.75) is 43.0 Å². The minimum atomic E-state index is -3.71. The molecule has 2 rings (SSSR count). The lowest BCUT2D eigenvalue weighted by molar-refractivity contribution is 0.580. The Morgan fingerprint density at radius 1 is 0.800 bits per heavy atom. The van der Waals surface area contributed by atoms with Crippen LogP contribution in [-0.2, 0) is 39.2 Å². The van der Waals surface area contributed by atoms with Crippen LogP contribution in [-0.4, -0.2) is 23.1 Å². The number of hydrogen-bond acceptors (Lipinski definition) is 4. The Bertz CT molecular complexity index is 947.